The molecule has 0 aliphatic carbocycles. The first-order valence-electron chi connectivity index (χ1n) is 8.95. The summed E-state index contributed by atoms with van der Waals surface area (Å²) in [6, 6.07) is 21.8. The maximum atomic E-state index is 12.3. The number of pyridine rings is 1. The van der Waals surface area contributed by atoms with E-state index in [-0.39, 0.29) is 5.91 Å². The molecule has 0 fully saturated rings. The van der Waals surface area contributed by atoms with Crippen molar-refractivity contribution in [2.24, 2.45) is 0 Å². The lowest BCUT2D eigenvalue weighted by molar-refractivity contribution is -0.116. The van der Waals surface area contributed by atoms with Crippen LogP contribution in [0.25, 0.3) is 16.7 Å². The predicted molar refractivity (Wildman–Crippen MR) is 107 cm³/mol. The van der Waals surface area contributed by atoms with E-state index in [4.69, 9.17) is 0 Å². The van der Waals surface area contributed by atoms with Gasteiger partial charge in [0.25, 0.3) is 0 Å². The molecule has 0 aliphatic heterocycles. The molecule has 0 bridgehead atoms. The fraction of sp³-hybridized carbons (Fsp3) is 0.136. The third-order valence-corrected chi connectivity index (χ3v) is 4.48. The van der Waals surface area contributed by atoms with Gasteiger partial charge in [-0.15, -0.1) is 0 Å². The number of rotatable bonds is 5. The number of aryl methyl sites for hydroxylation is 2. The quantitative estimate of drug-likeness (QED) is 0.580. The van der Waals surface area contributed by atoms with E-state index in [0.29, 0.717) is 18.5 Å². The Hall–Kier alpha value is -3.47. The number of carbonyl (C=O) groups is 1. The highest BCUT2D eigenvalue weighted by Gasteiger charge is 2.12. The van der Waals surface area contributed by atoms with Crippen molar-refractivity contribution >= 4 is 22.6 Å². The number of carbonyl (C=O) groups excluding carboxylic acids is 1. The smallest absolute Gasteiger partial charge is 0.224 e. The number of anilines is 1. The van der Waals surface area contributed by atoms with Gasteiger partial charge in [0.15, 0.2) is 5.65 Å². The Bertz CT molecular complexity index is 1070. The van der Waals surface area contributed by atoms with Crippen molar-refractivity contribution in [1.82, 2.24) is 14.8 Å². The zero-order valence-electron chi connectivity index (χ0n) is 15.1. The van der Waals surface area contributed by atoms with Crippen molar-refractivity contribution in [2.75, 3.05) is 5.32 Å². The second kappa shape index (κ2) is 7.41. The molecule has 27 heavy (non-hydrogen) atoms. The van der Waals surface area contributed by atoms with Crippen LogP contribution in [0.1, 0.15) is 17.7 Å². The average Bonchev–Trinajstić information content (AvgIpc) is 3.04. The van der Waals surface area contributed by atoms with E-state index in [0.717, 1.165) is 28.0 Å². The van der Waals surface area contributed by atoms with Crippen LogP contribution in [0, 0.1) is 6.92 Å². The first-order valence-corrected chi connectivity index (χ1v) is 8.95. The van der Waals surface area contributed by atoms with Gasteiger partial charge in [0, 0.05) is 11.8 Å². The van der Waals surface area contributed by atoms with Gasteiger partial charge in [0.2, 0.25) is 5.91 Å². The zero-order chi connectivity index (χ0) is 18.6. The summed E-state index contributed by atoms with van der Waals surface area (Å²) in [5.74, 6) is -0.0203. The molecule has 2 aromatic carbocycles. The summed E-state index contributed by atoms with van der Waals surface area (Å²) >= 11 is 0. The standard InChI is InChI=1S/C22H20N4O/c1-16-20-14-18(24-21(27)13-12-17-8-4-2-5-9-17)15-23-22(20)26(25-16)19-10-6-3-7-11-19/h2-11,14-15H,12-13H2,1H3,(H,24,27). The Morgan fingerprint density at radius 3 is 2.48 bits per heavy atom. The lowest BCUT2D eigenvalue weighted by atomic mass is 10.1. The van der Waals surface area contributed by atoms with Gasteiger partial charge in [-0.1, -0.05) is 48.5 Å². The molecule has 0 radical (unpaired) electrons. The molecule has 2 aromatic heterocycles. The number of nitrogens with one attached hydrogen (secondary N) is 1. The van der Waals surface area contributed by atoms with Crippen LogP contribution in [0.4, 0.5) is 5.69 Å². The van der Waals surface area contributed by atoms with E-state index >= 15 is 0 Å². The first kappa shape index (κ1) is 17.0. The molecule has 2 heterocycles. The molecule has 0 unspecified atom stereocenters. The van der Waals surface area contributed by atoms with Gasteiger partial charge < -0.3 is 5.32 Å². The number of nitrogens with zero attached hydrogens (tertiary/aromatic N) is 3. The average molecular weight is 356 g/mol. The highest BCUT2D eigenvalue weighted by atomic mass is 16.1. The summed E-state index contributed by atoms with van der Waals surface area (Å²) in [6.45, 7) is 1.95. The topological polar surface area (TPSA) is 59.8 Å². The molecule has 1 amide bonds. The van der Waals surface area contributed by atoms with Crippen molar-refractivity contribution in [3.63, 3.8) is 0 Å². The predicted octanol–water partition coefficient (Wildman–Crippen LogP) is 4.30. The summed E-state index contributed by atoms with van der Waals surface area (Å²) in [5.41, 5.74) is 4.46. The summed E-state index contributed by atoms with van der Waals surface area (Å²) in [6.07, 6.45) is 2.83. The summed E-state index contributed by atoms with van der Waals surface area (Å²) in [7, 11) is 0. The number of hydrogen-bond acceptors (Lipinski definition) is 3. The molecule has 0 aliphatic rings. The van der Waals surface area contributed by atoms with Crippen molar-refractivity contribution in [2.45, 2.75) is 19.8 Å². The van der Waals surface area contributed by atoms with Crippen molar-refractivity contribution in [3.8, 4) is 5.69 Å². The Labute approximate surface area is 157 Å². The van der Waals surface area contributed by atoms with Crippen LogP contribution in [0.15, 0.2) is 72.9 Å². The van der Waals surface area contributed by atoms with E-state index in [1.807, 2.05) is 78.3 Å². The minimum absolute atomic E-state index is 0.0203. The van der Waals surface area contributed by atoms with Crippen LogP contribution in [0.3, 0.4) is 0 Å². The number of amides is 1. The zero-order valence-corrected chi connectivity index (χ0v) is 15.1. The van der Waals surface area contributed by atoms with E-state index in [2.05, 4.69) is 15.4 Å². The third-order valence-electron chi connectivity index (χ3n) is 4.48. The minimum atomic E-state index is -0.0203. The molecule has 0 saturated carbocycles. The van der Waals surface area contributed by atoms with Crippen LogP contribution >= 0.6 is 0 Å². The van der Waals surface area contributed by atoms with Crippen LogP contribution in [0.5, 0.6) is 0 Å². The molecular weight excluding hydrogens is 336 g/mol. The second-order valence-electron chi connectivity index (χ2n) is 6.46. The van der Waals surface area contributed by atoms with E-state index in [1.54, 1.807) is 6.20 Å². The monoisotopic (exact) mass is 356 g/mol. The lowest BCUT2D eigenvalue weighted by Gasteiger charge is -2.06. The molecular formula is C22H20N4O. The Morgan fingerprint density at radius 2 is 1.74 bits per heavy atom. The maximum Gasteiger partial charge on any atom is 0.224 e. The van der Waals surface area contributed by atoms with E-state index in [9.17, 15) is 4.79 Å². The summed E-state index contributed by atoms with van der Waals surface area (Å²) in [4.78, 5) is 16.8. The molecule has 4 aromatic rings. The van der Waals surface area contributed by atoms with E-state index in [1.165, 1.54) is 0 Å². The van der Waals surface area contributed by atoms with Crippen molar-refractivity contribution in [3.05, 3.63) is 84.2 Å². The third kappa shape index (κ3) is 3.72. The molecule has 5 nitrogen and oxygen atoms in total. The fourth-order valence-electron chi connectivity index (χ4n) is 3.09. The largest absolute Gasteiger partial charge is 0.325 e. The Morgan fingerprint density at radius 1 is 1.04 bits per heavy atom. The van der Waals surface area contributed by atoms with Gasteiger partial charge in [-0.3, -0.25) is 4.79 Å². The Balaban J connectivity index is 1.52. The molecule has 0 spiro atoms. The highest BCUT2D eigenvalue weighted by Crippen LogP contribution is 2.23. The van der Waals surface area contributed by atoms with Crippen LogP contribution in [0.2, 0.25) is 0 Å². The number of hydrogen-bond donors (Lipinski definition) is 1. The van der Waals surface area contributed by atoms with Crippen molar-refractivity contribution in [1.29, 1.82) is 0 Å². The number of benzene rings is 2. The molecule has 0 saturated heterocycles. The fourth-order valence-corrected chi connectivity index (χ4v) is 3.09. The van der Waals surface area contributed by atoms with Gasteiger partial charge in [-0.25, -0.2) is 9.67 Å². The normalized spacial score (nSPS) is 10.9. The van der Waals surface area contributed by atoms with Gasteiger partial charge in [0.1, 0.15) is 0 Å². The van der Waals surface area contributed by atoms with E-state index < -0.39 is 0 Å². The molecule has 134 valence electrons. The van der Waals surface area contributed by atoms with Crippen LogP contribution in [-0.4, -0.2) is 20.7 Å². The summed E-state index contributed by atoms with van der Waals surface area (Å²) in [5, 5.41) is 8.47. The van der Waals surface area contributed by atoms with Gasteiger partial charge >= 0.3 is 0 Å². The lowest BCUT2D eigenvalue weighted by Crippen LogP contribution is -2.12. The number of fused-ring (bicyclic) bond motifs is 1. The highest BCUT2D eigenvalue weighted by molar-refractivity contribution is 5.93. The van der Waals surface area contributed by atoms with Crippen LogP contribution in [-0.2, 0) is 11.2 Å². The minimum Gasteiger partial charge on any atom is -0.325 e. The van der Waals surface area contributed by atoms with Gasteiger partial charge in [-0.05, 0) is 37.1 Å². The molecule has 4 rings (SSSR count). The molecule has 1 N–H and O–H groups in total. The summed E-state index contributed by atoms with van der Waals surface area (Å²) < 4.78 is 1.83. The Kier molecular flexibility index (Phi) is 4.66. The number of para-hydroxylation sites is 1. The SMILES string of the molecule is Cc1nn(-c2ccccc2)c2ncc(NC(=O)CCc3ccccc3)cc12. The molecule has 0 atom stereocenters. The van der Waals surface area contributed by atoms with Crippen molar-refractivity contribution < 1.29 is 4.79 Å². The van der Waals surface area contributed by atoms with Gasteiger partial charge in [0.05, 0.1) is 23.3 Å². The molecule has 5 heteroatoms. The van der Waals surface area contributed by atoms with Gasteiger partial charge in [-0.2, -0.15) is 5.10 Å². The van der Waals surface area contributed by atoms with Crippen LogP contribution < -0.4 is 5.32 Å². The second-order valence-corrected chi connectivity index (χ2v) is 6.46. The maximum absolute atomic E-state index is 12.3. The number of aromatic nitrogens is 3. The first-order chi connectivity index (χ1) is 13.2.